The molecule has 0 bridgehead atoms. The SMILES string of the molecule is O=S(=O)(Nc1ccnc(N2CCCCC2)c1)c1ccoc1. The van der Waals surface area contributed by atoms with Gasteiger partial charge < -0.3 is 9.32 Å². The maximum absolute atomic E-state index is 12.1. The lowest BCUT2D eigenvalue weighted by atomic mass is 10.1. The fourth-order valence-corrected chi connectivity index (χ4v) is 3.37. The molecule has 7 heteroatoms. The van der Waals surface area contributed by atoms with Gasteiger partial charge in [0, 0.05) is 25.4 Å². The fraction of sp³-hybridized carbons (Fsp3) is 0.357. The van der Waals surface area contributed by atoms with Crippen LogP contribution in [0.5, 0.6) is 0 Å². The molecule has 6 nitrogen and oxygen atoms in total. The number of piperidine rings is 1. The normalized spacial score (nSPS) is 15.9. The molecule has 112 valence electrons. The number of anilines is 2. The van der Waals surface area contributed by atoms with Crippen LogP contribution in [0.2, 0.25) is 0 Å². The van der Waals surface area contributed by atoms with Gasteiger partial charge in [0.2, 0.25) is 0 Å². The molecule has 2 aromatic heterocycles. The Morgan fingerprint density at radius 1 is 1.19 bits per heavy atom. The topological polar surface area (TPSA) is 75.4 Å². The van der Waals surface area contributed by atoms with Crippen LogP contribution in [0.25, 0.3) is 0 Å². The minimum absolute atomic E-state index is 0.110. The number of nitrogens with zero attached hydrogens (tertiary/aromatic N) is 2. The molecule has 0 radical (unpaired) electrons. The molecule has 1 aliphatic heterocycles. The predicted molar refractivity (Wildman–Crippen MR) is 79.8 cm³/mol. The maximum Gasteiger partial charge on any atom is 0.265 e. The van der Waals surface area contributed by atoms with Crippen molar-refractivity contribution in [3.05, 3.63) is 36.9 Å². The minimum atomic E-state index is -3.61. The minimum Gasteiger partial charge on any atom is -0.471 e. The van der Waals surface area contributed by atoms with E-state index in [4.69, 9.17) is 4.42 Å². The summed E-state index contributed by atoms with van der Waals surface area (Å²) in [5.74, 6) is 0.807. The number of rotatable bonds is 4. The van der Waals surface area contributed by atoms with Crippen LogP contribution in [0.1, 0.15) is 19.3 Å². The highest BCUT2D eigenvalue weighted by Crippen LogP contribution is 2.22. The first kappa shape index (κ1) is 13.9. The van der Waals surface area contributed by atoms with Crippen LogP contribution in [0.15, 0.2) is 46.2 Å². The van der Waals surface area contributed by atoms with E-state index in [9.17, 15) is 8.42 Å². The average Bonchev–Trinajstić information content (AvgIpc) is 3.03. The van der Waals surface area contributed by atoms with Crippen LogP contribution >= 0.6 is 0 Å². The van der Waals surface area contributed by atoms with Crippen molar-refractivity contribution in [1.82, 2.24) is 4.98 Å². The number of sulfonamides is 1. The molecule has 0 saturated carbocycles. The van der Waals surface area contributed by atoms with Crippen LogP contribution in [0.4, 0.5) is 11.5 Å². The van der Waals surface area contributed by atoms with Gasteiger partial charge in [-0.05, 0) is 31.4 Å². The summed E-state index contributed by atoms with van der Waals surface area (Å²) in [4.78, 5) is 6.62. The third-order valence-corrected chi connectivity index (χ3v) is 4.84. The van der Waals surface area contributed by atoms with E-state index in [0.717, 1.165) is 31.7 Å². The molecule has 0 spiro atoms. The molecule has 1 aliphatic rings. The van der Waals surface area contributed by atoms with Gasteiger partial charge in [-0.25, -0.2) is 13.4 Å². The van der Waals surface area contributed by atoms with Crippen molar-refractivity contribution in [2.24, 2.45) is 0 Å². The van der Waals surface area contributed by atoms with Crippen LogP contribution in [-0.2, 0) is 10.0 Å². The van der Waals surface area contributed by atoms with E-state index in [-0.39, 0.29) is 4.90 Å². The smallest absolute Gasteiger partial charge is 0.265 e. The van der Waals surface area contributed by atoms with Crippen molar-refractivity contribution < 1.29 is 12.8 Å². The van der Waals surface area contributed by atoms with Crippen molar-refractivity contribution in [3.8, 4) is 0 Å². The molecule has 0 aliphatic carbocycles. The van der Waals surface area contributed by atoms with Gasteiger partial charge >= 0.3 is 0 Å². The van der Waals surface area contributed by atoms with Gasteiger partial charge in [-0.1, -0.05) is 0 Å². The summed E-state index contributed by atoms with van der Waals surface area (Å²) < 4.78 is 31.7. The third kappa shape index (κ3) is 3.18. The van der Waals surface area contributed by atoms with Gasteiger partial charge in [0.25, 0.3) is 10.0 Å². The first-order chi connectivity index (χ1) is 10.1. The zero-order valence-corrected chi connectivity index (χ0v) is 12.3. The monoisotopic (exact) mass is 307 g/mol. The number of nitrogens with one attached hydrogen (secondary N) is 1. The largest absolute Gasteiger partial charge is 0.471 e. The molecular weight excluding hydrogens is 290 g/mol. The van der Waals surface area contributed by atoms with Gasteiger partial charge in [0.15, 0.2) is 0 Å². The second-order valence-corrected chi connectivity index (χ2v) is 6.70. The lowest BCUT2D eigenvalue weighted by Gasteiger charge is -2.27. The highest BCUT2D eigenvalue weighted by molar-refractivity contribution is 7.92. The van der Waals surface area contributed by atoms with Gasteiger partial charge in [-0.2, -0.15) is 0 Å². The number of hydrogen-bond donors (Lipinski definition) is 1. The number of furan rings is 1. The van der Waals surface area contributed by atoms with Crippen molar-refractivity contribution in [1.29, 1.82) is 0 Å². The molecule has 0 amide bonds. The molecule has 21 heavy (non-hydrogen) atoms. The molecule has 2 aromatic rings. The number of aromatic nitrogens is 1. The van der Waals surface area contributed by atoms with Gasteiger partial charge in [0.05, 0.1) is 12.0 Å². The first-order valence-corrected chi connectivity index (χ1v) is 8.39. The Morgan fingerprint density at radius 2 is 2.00 bits per heavy atom. The van der Waals surface area contributed by atoms with Crippen LogP contribution < -0.4 is 9.62 Å². The zero-order valence-electron chi connectivity index (χ0n) is 11.5. The quantitative estimate of drug-likeness (QED) is 0.939. The number of hydrogen-bond acceptors (Lipinski definition) is 5. The van der Waals surface area contributed by atoms with Gasteiger partial charge in [-0.3, -0.25) is 4.72 Å². The predicted octanol–water partition coefficient (Wildman–Crippen LogP) is 2.47. The van der Waals surface area contributed by atoms with Crippen LogP contribution in [0.3, 0.4) is 0 Å². The van der Waals surface area contributed by atoms with E-state index in [1.807, 2.05) is 0 Å². The molecule has 3 heterocycles. The lowest BCUT2D eigenvalue weighted by Crippen LogP contribution is -2.30. The molecular formula is C14H17N3O3S. The summed E-state index contributed by atoms with van der Waals surface area (Å²) in [5.41, 5.74) is 0.506. The molecule has 0 aromatic carbocycles. The Morgan fingerprint density at radius 3 is 2.71 bits per heavy atom. The van der Waals surface area contributed by atoms with Crippen LogP contribution in [-0.4, -0.2) is 26.5 Å². The molecule has 0 unspecified atom stereocenters. The summed E-state index contributed by atoms with van der Waals surface area (Å²) >= 11 is 0. The highest BCUT2D eigenvalue weighted by Gasteiger charge is 2.17. The fourth-order valence-electron chi connectivity index (χ4n) is 2.40. The van der Waals surface area contributed by atoms with E-state index in [2.05, 4.69) is 14.6 Å². The zero-order chi connectivity index (χ0) is 14.7. The van der Waals surface area contributed by atoms with Crippen LogP contribution in [0, 0.1) is 0 Å². The first-order valence-electron chi connectivity index (χ1n) is 6.91. The van der Waals surface area contributed by atoms with E-state index in [1.165, 1.54) is 25.0 Å². The second-order valence-electron chi connectivity index (χ2n) is 5.01. The van der Waals surface area contributed by atoms with E-state index >= 15 is 0 Å². The maximum atomic E-state index is 12.1. The van der Waals surface area contributed by atoms with E-state index < -0.39 is 10.0 Å². The third-order valence-electron chi connectivity index (χ3n) is 3.48. The molecule has 0 atom stereocenters. The van der Waals surface area contributed by atoms with E-state index in [1.54, 1.807) is 18.3 Å². The summed E-state index contributed by atoms with van der Waals surface area (Å²) in [6, 6.07) is 4.82. The summed E-state index contributed by atoms with van der Waals surface area (Å²) in [5, 5.41) is 0. The van der Waals surface area contributed by atoms with Crippen molar-refractivity contribution in [2.45, 2.75) is 24.2 Å². The lowest BCUT2D eigenvalue weighted by molar-refractivity contribution is 0.557. The Bertz CT molecular complexity index is 692. The van der Waals surface area contributed by atoms with Gasteiger partial charge in [-0.15, -0.1) is 0 Å². The van der Waals surface area contributed by atoms with Crippen molar-refractivity contribution in [2.75, 3.05) is 22.7 Å². The Kier molecular flexibility index (Phi) is 3.83. The van der Waals surface area contributed by atoms with Gasteiger partial charge in [0.1, 0.15) is 17.0 Å². The summed E-state index contributed by atoms with van der Waals surface area (Å²) in [6.45, 7) is 1.93. The summed E-state index contributed by atoms with van der Waals surface area (Å²) in [6.07, 6.45) is 7.69. The number of pyridine rings is 1. The Labute approximate surface area is 123 Å². The molecule has 1 fully saturated rings. The Balaban J connectivity index is 1.80. The summed E-state index contributed by atoms with van der Waals surface area (Å²) in [7, 11) is -3.61. The standard InChI is InChI=1S/C14H17N3O3S/c18-21(19,13-5-9-20-11-13)16-12-4-6-15-14(10-12)17-7-2-1-3-8-17/h4-6,9-11H,1-3,7-8H2,(H,15,16). The average molecular weight is 307 g/mol. The molecule has 3 rings (SSSR count). The van der Waals surface area contributed by atoms with E-state index in [0.29, 0.717) is 5.69 Å². The Hall–Kier alpha value is -2.02. The second kappa shape index (κ2) is 5.77. The van der Waals surface area contributed by atoms with Crippen molar-refractivity contribution >= 4 is 21.5 Å². The highest BCUT2D eigenvalue weighted by atomic mass is 32.2. The molecule has 1 saturated heterocycles. The van der Waals surface area contributed by atoms with Crippen molar-refractivity contribution in [3.63, 3.8) is 0 Å². The molecule has 1 N–H and O–H groups in total.